The van der Waals surface area contributed by atoms with Crippen molar-refractivity contribution in [1.82, 2.24) is 9.88 Å². The summed E-state index contributed by atoms with van der Waals surface area (Å²) in [6.45, 7) is 13.6. The Hall–Kier alpha value is -2.07. The van der Waals surface area contributed by atoms with Gasteiger partial charge in [-0.1, -0.05) is 24.6 Å². The van der Waals surface area contributed by atoms with E-state index >= 15 is 0 Å². The van der Waals surface area contributed by atoms with E-state index in [1.165, 1.54) is 5.56 Å². The maximum Gasteiger partial charge on any atom is 0.224 e. The van der Waals surface area contributed by atoms with E-state index in [4.69, 9.17) is 4.74 Å². The van der Waals surface area contributed by atoms with Crippen molar-refractivity contribution in [3.8, 4) is 11.6 Å². The summed E-state index contributed by atoms with van der Waals surface area (Å²) in [5.74, 6) is 1.59. The summed E-state index contributed by atoms with van der Waals surface area (Å²) in [6.07, 6.45) is 1.06. The van der Waals surface area contributed by atoms with Crippen LogP contribution in [0, 0.1) is 34.6 Å². The molecule has 2 rings (SSSR count). The number of aromatic nitrogens is 1. The molecule has 1 unspecified atom stereocenters. The fourth-order valence-corrected chi connectivity index (χ4v) is 3.32. The van der Waals surface area contributed by atoms with Crippen LogP contribution >= 0.6 is 0 Å². The third-order valence-electron chi connectivity index (χ3n) is 4.60. The second kappa shape index (κ2) is 8.54. The fourth-order valence-electron chi connectivity index (χ4n) is 3.32. The monoisotopic (exact) mass is 355 g/mol. The molecule has 26 heavy (non-hydrogen) atoms. The lowest BCUT2D eigenvalue weighted by Gasteiger charge is -2.24. The van der Waals surface area contributed by atoms with Crippen LogP contribution in [0.4, 0.5) is 5.69 Å². The minimum atomic E-state index is 0.390. The highest BCUT2D eigenvalue weighted by molar-refractivity contribution is 5.57. The van der Waals surface area contributed by atoms with Crippen molar-refractivity contribution in [2.45, 2.75) is 54.0 Å². The summed E-state index contributed by atoms with van der Waals surface area (Å²) in [5, 5.41) is 3.67. The van der Waals surface area contributed by atoms with Gasteiger partial charge in [0.1, 0.15) is 5.75 Å². The number of aryl methyl sites for hydroxylation is 4. The fraction of sp³-hybridized carbons (Fsp3) is 0.500. The topological polar surface area (TPSA) is 37.4 Å². The normalized spacial score (nSPS) is 12.3. The van der Waals surface area contributed by atoms with Gasteiger partial charge in [-0.05, 0) is 72.3 Å². The van der Waals surface area contributed by atoms with E-state index in [0.29, 0.717) is 11.9 Å². The smallest absolute Gasteiger partial charge is 0.224 e. The Labute approximate surface area is 158 Å². The zero-order valence-corrected chi connectivity index (χ0v) is 17.5. The van der Waals surface area contributed by atoms with Crippen LogP contribution < -0.4 is 10.1 Å². The SMILES string of the molecule is CCC(CN(C)C)Nc1cc(C)nc(Oc2c(C)cc(C)cc2C)c1C. The molecule has 0 saturated heterocycles. The molecule has 0 saturated carbocycles. The largest absolute Gasteiger partial charge is 0.438 e. The van der Waals surface area contributed by atoms with E-state index in [9.17, 15) is 0 Å². The standard InChI is InChI=1S/C22H33N3O/c1-9-19(13-25(7)8)24-20-12-17(5)23-22(18(20)6)26-21-15(3)10-14(2)11-16(21)4/h10-12,19H,9,13H2,1-8H3,(H,23,24). The van der Waals surface area contributed by atoms with Gasteiger partial charge in [-0.25, -0.2) is 4.98 Å². The molecule has 0 fully saturated rings. The summed E-state index contributed by atoms with van der Waals surface area (Å²) in [7, 11) is 4.21. The third-order valence-corrected chi connectivity index (χ3v) is 4.60. The van der Waals surface area contributed by atoms with Gasteiger partial charge in [-0.3, -0.25) is 0 Å². The highest BCUT2D eigenvalue weighted by Crippen LogP contribution is 2.33. The number of nitrogens with one attached hydrogen (secondary N) is 1. The molecule has 0 amide bonds. The molecule has 1 heterocycles. The van der Waals surface area contributed by atoms with Crippen LogP contribution in [0.5, 0.6) is 11.6 Å². The number of hydrogen-bond donors (Lipinski definition) is 1. The maximum atomic E-state index is 6.28. The molecule has 0 radical (unpaired) electrons. The van der Waals surface area contributed by atoms with Crippen LogP contribution in [0.1, 0.15) is 41.3 Å². The molecule has 0 aliphatic carbocycles. The van der Waals surface area contributed by atoms with Gasteiger partial charge in [0.25, 0.3) is 0 Å². The van der Waals surface area contributed by atoms with Crippen LogP contribution in [0.15, 0.2) is 18.2 Å². The van der Waals surface area contributed by atoms with Gasteiger partial charge in [0.2, 0.25) is 5.88 Å². The Morgan fingerprint density at radius 3 is 2.19 bits per heavy atom. The summed E-state index contributed by atoms with van der Waals surface area (Å²) in [5.41, 5.74) is 6.63. The van der Waals surface area contributed by atoms with Gasteiger partial charge >= 0.3 is 0 Å². The average Bonchev–Trinajstić information content (AvgIpc) is 2.53. The Morgan fingerprint density at radius 2 is 1.65 bits per heavy atom. The van der Waals surface area contributed by atoms with Crippen LogP contribution in [0.2, 0.25) is 0 Å². The Bertz CT molecular complexity index is 745. The quantitative estimate of drug-likeness (QED) is 0.743. The van der Waals surface area contributed by atoms with Crippen LogP contribution in [0.25, 0.3) is 0 Å². The van der Waals surface area contributed by atoms with E-state index in [1.54, 1.807) is 0 Å². The van der Waals surface area contributed by atoms with Crippen molar-refractivity contribution in [2.75, 3.05) is 26.0 Å². The van der Waals surface area contributed by atoms with E-state index in [0.717, 1.165) is 46.8 Å². The lowest BCUT2D eigenvalue weighted by molar-refractivity contribution is 0.379. The van der Waals surface area contributed by atoms with E-state index in [1.807, 2.05) is 6.92 Å². The molecule has 4 heteroatoms. The zero-order chi connectivity index (χ0) is 19.4. The predicted octanol–water partition coefficient (Wildman–Crippen LogP) is 5.17. The molecular formula is C22H33N3O. The second-order valence-electron chi connectivity index (χ2n) is 7.58. The third kappa shape index (κ3) is 4.98. The molecule has 0 spiro atoms. The van der Waals surface area contributed by atoms with Crippen molar-refractivity contribution in [3.05, 3.63) is 46.1 Å². The summed E-state index contributed by atoms with van der Waals surface area (Å²) in [6, 6.07) is 6.80. The molecule has 0 aliphatic rings. The first-order chi connectivity index (χ1) is 12.2. The molecule has 1 aromatic carbocycles. The molecule has 1 atom stereocenters. The Balaban J connectivity index is 2.35. The first kappa shape index (κ1) is 20.2. The highest BCUT2D eigenvalue weighted by atomic mass is 16.5. The molecule has 0 bridgehead atoms. The van der Waals surface area contributed by atoms with E-state index in [-0.39, 0.29) is 0 Å². The van der Waals surface area contributed by atoms with Gasteiger partial charge < -0.3 is 15.0 Å². The van der Waals surface area contributed by atoms with Crippen molar-refractivity contribution >= 4 is 5.69 Å². The van der Waals surface area contributed by atoms with Crippen LogP contribution in [0.3, 0.4) is 0 Å². The van der Waals surface area contributed by atoms with Gasteiger partial charge in [0, 0.05) is 29.5 Å². The highest BCUT2D eigenvalue weighted by Gasteiger charge is 2.15. The Kier molecular flexibility index (Phi) is 6.65. The molecule has 4 nitrogen and oxygen atoms in total. The van der Waals surface area contributed by atoms with Crippen molar-refractivity contribution < 1.29 is 4.74 Å². The van der Waals surface area contributed by atoms with Crippen LogP contribution in [-0.4, -0.2) is 36.6 Å². The number of rotatable bonds is 7. The van der Waals surface area contributed by atoms with Gasteiger partial charge in [0.05, 0.1) is 0 Å². The molecule has 0 aliphatic heterocycles. The zero-order valence-electron chi connectivity index (χ0n) is 17.5. The van der Waals surface area contributed by atoms with Crippen molar-refractivity contribution in [2.24, 2.45) is 0 Å². The molecule has 2 aromatic rings. The number of hydrogen-bond acceptors (Lipinski definition) is 4. The first-order valence-electron chi connectivity index (χ1n) is 9.36. The minimum Gasteiger partial charge on any atom is -0.438 e. The summed E-state index contributed by atoms with van der Waals surface area (Å²) < 4.78 is 6.28. The second-order valence-corrected chi connectivity index (χ2v) is 7.58. The van der Waals surface area contributed by atoms with Gasteiger partial charge in [-0.15, -0.1) is 0 Å². The number of likely N-dealkylation sites (N-methyl/N-ethyl adjacent to an activating group) is 1. The van der Waals surface area contributed by atoms with Crippen LogP contribution in [-0.2, 0) is 0 Å². The summed E-state index contributed by atoms with van der Waals surface area (Å²) in [4.78, 5) is 6.86. The predicted molar refractivity (Wildman–Crippen MR) is 111 cm³/mol. The summed E-state index contributed by atoms with van der Waals surface area (Å²) >= 11 is 0. The van der Waals surface area contributed by atoms with E-state index in [2.05, 4.69) is 82.1 Å². The van der Waals surface area contributed by atoms with Gasteiger partial charge in [0.15, 0.2) is 0 Å². The number of benzene rings is 1. The molecule has 1 aromatic heterocycles. The lowest BCUT2D eigenvalue weighted by Crippen LogP contribution is -2.32. The van der Waals surface area contributed by atoms with Crippen molar-refractivity contribution in [1.29, 1.82) is 0 Å². The number of ether oxygens (including phenoxy) is 1. The van der Waals surface area contributed by atoms with Crippen molar-refractivity contribution in [3.63, 3.8) is 0 Å². The average molecular weight is 356 g/mol. The number of anilines is 1. The van der Waals surface area contributed by atoms with E-state index < -0.39 is 0 Å². The number of pyridine rings is 1. The Morgan fingerprint density at radius 1 is 1.04 bits per heavy atom. The first-order valence-corrected chi connectivity index (χ1v) is 9.36. The van der Waals surface area contributed by atoms with Gasteiger partial charge in [-0.2, -0.15) is 0 Å². The molecular weight excluding hydrogens is 322 g/mol. The number of nitrogens with zero attached hydrogens (tertiary/aromatic N) is 2. The lowest BCUT2D eigenvalue weighted by atomic mass is 10.1. The minimum absolute atomic E-state index is 0.390. The molecule has 1 N–H and O–H groups in total. The molecule has 142 valence electrons. The maximum absolute atomic E-state index is 6.28.